The van der Waals surface area contributed by atoms with Crippen LogP contribution in [0.4, 0.5) is 34.9 Å². The number of nitrogens with zero attached hydrogens (tertiary/aromatic N) is 30. The zero-order valence-electron chi connectivity index (χ0n) is 148. The molecule has 6 aliphatic rings. The Morgan fingerprint density at radius 1 is 0.326 bits per heavy atom. The number of likely N-dealkylation sites (tertiary alicyclic amines) is 6. The molecule has 6 aliphatic heterocycles. The Bertz CT molecular complexity index is 10300. The van der Waals surface area contributed by atoms with E-state index in [0.29, 0.717) is 14.7 Å². The normalized spacial score (nSPS) is 40.0. The molecule has 0 radical (unpaired) electrons. The van der Waals surface area contributed by atoms with Gasteiger partial charge in [0.15, 0.2) is 0 Å². The predicted molar refractivity (Wildman–Crippen MR) is 527 cm³/mol. The third-order valence-electron chi connectivity index (χ3n) is 18.9. The van der Waals surface area contributed by atoms with Gasteiger partial charge in [0.1, 0.15) is 123 Å². The summed E-state index contributed by atoms with van der Waals surface area (Å²) in [5, 5.41) is 0.141. The van der Waals surface area contributed by atoms with Crippen molar-refractivity contribution in [2.45, 2.75) is 116 Å². The van der Waals surface area contributed by atoms with Crippen molar-refractivity contribution in [3.63, 3.8) is 0 Å². The van der Waals surface area contributed by atoms with Crippen molar-refractivity contribution in [3.8, 4) is 0 Å². The van der Waals surface area contributed by atoms with Crippen LogP contribution in [0, 0.1) is 74.9 Å². The highest BCUT2D eigenvalue weighted by molar-refractivity contribution is 5.93. The summed E-state index contributed by atoms with van der Waals surface area (Å²) >= 11 is 0. The molecule has 0 bridgehead atoms. The Morgan fingerprint density at radius 2 is 0.572 bits per heavy atom. The van der Waals surface area contributed by atoms with Crippen LogP contribution in [-0.2, 0) is 28.8 Å². The van der Waals surface area contributed by atoms with Gasteiger partial charge in [-0.2, -0.15) is 0 Å². The second kappa shape index (κ2) is 46.5. The first-order valence-electron chi connectivity index (χ1n) is 77.1. The van der Waals surface area contributed by atoms with Gasteiger partial charge >= 0.3 is 35.4 Å². The van der Waals surface area contributed by atoms with Crippen molar-refractivity contribution in [2.24, 2.45) is 35.4 Å². The van der Waals surface area contributed by atoms with Crippen molar-refractivity contribution in [1.82, 2.24) is 119 Å². The average molecular weight is 1950 g/mol. The summed E-state index contributed by atoms with van der Waals surface area (Å²) in [4.78, 5) is 154. The quantitative estimate of drug-likeness (QED) is 0.0435. The average Bonchev–Trinajstić information content (AvgIpc) is 0.976. The van der Waals surface area contributed by atoms with Crippen LogP contribution >= 0.6 is 0 Å². The van der Waals surface area contributed by atoms with Crippen molar-refractivity contribution in [2.75, 3.05) is 188 Å². The van der Waals surface area contributed by atoms with Crippen molar-refractivity contribution >= 4 is 137 Å². The zero-order chi connectivity index (χ0) is 166. The van der Waals surface area contributed by atoms with Crippen LogP contribution in [0.15, 0.2) is 112 Å². The van der Waals surface area contributed by atoms with Gasteiger partial charge in [-0.3, -0.25) is 28.8 Å². The number of hydrogen-bond donors (Lipinski definition) is 6. The first kappa shape index (κ1) is 40.3. The number of aromatic nitrogens is 18. The van der Waals surface area contributed by atoms with E-state index >= 15 is 0 Å². The SMILES string of the molecule is [2H]C([2H])([N+]#[C-])C(=O)N1C([2H])([2H])C([2H])([2H])[C@@H](C)[C@@]([2H])(N(c2ncnc3[nH]ccc23)C([2H])([2H])[2H])C1([2H])[2H].[2H]C([2H])([N+]#[C-])C(=O)N1C([2H])([2H])C([2H])([2H])[C@@]([2H])(C([2H])([2H])[2H])[C@@]([2H])(N(C)c2ncnc3[nH]ccc23)C1([2H])[2H].[2H]C([2H])([N+]#[C-])C(=O)N1C([2H])([2H])[C@H](N(c2ncnc3[nH]ccc23)C([2H])([2H])[2H])[C@H](C([2H])([2H])[2H])C([2H])([2H])C1([2H])[2H].[2H]C([2H])([N+]#[C-])C(=O)N1C([2H])([2H])[C@H](N(c2ncnc3[nH]ccc23)C([2H])([2H])[2H])[C@H](C)C([2H])([2H])C1([2H])[2H].[2H]C([2H])([N+]#[C-])C(=O)N1C([2H])([2H])[C@H](N(c2ncnc3[nH]ccc23)C([2H])([2H])[2H])[C@]([2H])(C([2H])([2H])[2H])C([2H])([2H])C1([2H])[2H].[2H]C([2H])([N+]#[C-])C(=O)N1C([2H])([2H])[C@H](N(c2ncnc3[nH]ccc23)C([2H])([2H])[2H])[C@]([2H])(C)C([2H])([2H])C1([2H])[2H]. The number of carbonyl (C=O) groups excluding carboxylic acids is 6. The summed E-state index contributed by atoms with van der Waals surface area (Å²) < 4.78 is 634. The molecule has 18 rings (SSSR count). The molecule has 6 saturated heterocycles. The van der Waals surface area contributed by atoms with Crippen molar-refractivity contribution in [1.29, 1.82) is 0 Å². The molecule has 42 nitrogen and oxygen atoms in total. The highest BCUT2D eigenvalue weighted by atomic mass is 16.2. The lowest BCUT2D eigenvalue weighted by Crippen LogP contribution is -2.53. The standard InChI is InChI=1S/6C16H20N6O/c6*1-11-5-7-22(14(23)8-17-2)9-13(11)21(3)16-12-4-6-18-15(12)19-10-20-16/h6*4,6,10-11,13H,5,7-9H2,1,3H3,(H,18,19,20)/t6*11-,13+/m111111/s1/i1D3,5D2,7D2,8D2,9D2,11D,13D;1D3,3D3,5D2,7D2,8D2,9D2,11D;3D3,5D2,7D2,8D2,9D2,13D;3D3,5D2,7D2,8D2,9D2,11D;1D3,3D3,5D2,7D2,8D2,9D2;3D3,5D2,7D2,8D2,9D2. The number of anilines is 6. The maximum Gasteiger partial charge on any atom is 0.302 e. The summed E-state index contributed by atoms with van der Waals surface area (Å²) in [7, 11) is 0.914. The van der Waals surface area contributed by atoms with E-state index in [1.807, 2.05) is 0 Å². The lowest BCUT2D eigenvalue weighted by Gasteiger charge is -2.41. The Hall–Kier alpha value is -15.7. The van der Waals surface area contributed by atoms with Gasteiger partial charge in [0.05, 0.1) is 87.7 Å². The minimum atomic E-state index is -4.09. The number of amides is 6. The van der Waals surface area contributed by atoms with Crippen LogP contribution < -0.4 is 29.4 Å². The third kappa shape index (κ3) is 23.1. The van der Waals surface area contributed by atoms with Gasteiger partial charge in [-0.1, -0.05) is 41.3 Å². The first-order valence-corrected chi connectivity index (χ1v) is 38.6. The summed E-state index contributed by atoms with van der Waals surface area (Å²) in [6.45, 7) is -50.0. The number of piperidine rings is 6. The van der Waals surface area contributed by atoms with E-state index in [1.54, 1.807) is 0 Å². The molecule has 18 heterocycles. The molecule has 0 saturated carbocycles. The van der Waals surface area contributed by atoms with E-state index < -0.39 is 365 Å². The van der Waals surface area contributed by atoms with Gasteiger partial charge in [-0.05, 0) is 110 Å². The predicted octanol–water partition coefficient (Wildman–Crippen LogP) is 9.30. The van der Waals surface area contributed by atoms with Crippen LogP contribution in [0.5, 0.6) is 0 Å². The lowest BCUT2D eigenvalue weighted by atomic mass is 9.92. The Balaban J connectivity index is 0.000000205. The van der Waals surface area contributed by atoms with E-state index in [0.717, 1.165) is 65.8 Å². The maximum atomic E-state index is 13.1. The van der Waals surface area contributed by atoms with Crippen molar-refractivity contribution in [3.05, 3.63) is 180 Å². The molecule has 6 fully saturated rings. The number of fused-ring (bicyclic) bond motifs is 6. The molecule has 42 heteroatoms. The fourth-order valence-electron chi connectivity index (χ4n) is 12.4. The Labute approximate surface area is 909 Å². The Kier molecular flexibility index (Phi) is 13.6. The largest absolute Gasteiger partial charge is 0.354 e. The second-order valence-corrected chi connectivity index (χ2v) is 27.3. The zero-order valence-corrected chi connectivity index (χ0v) is 70.8. The van der Waals surface area contributed by atoms with Crippen LogP contribution in [0.2, 0.25) is 0 Å². The highest BCUT2D eigenvalue weighted by Gasteiger charge is 2.41. The molecule has 12 atom stereocenters. The number of rotatable bonds is 18. The van der Waals surface area contributed by atoms with Crippen LogP contribution in [0.3, 0.4) is 0 Å². The topological polar surface area (TPSA) is 417 Å². The van der Waals surface area contributed by atoms with Gasteiger partial charge in [0.2, 0.25) is 0 Å². The minimum Gasteiger partial charge on any atom is -0.354 e. The minimum absolute atomic E-state index is 0.00895. The molecule has 138 heavy (non-hydrogen) atoms. The molecule has 0 spiro atoms. The van der Waals surface area contributed by atoms with Crippen LogP contribution in [-0.4, -0.2) is 350 Å². The summed E-state index contributed by atoms with van der Waals surface area (Å²) in [6, 6.07) is -9.35. The van der Waals surface area contributed by atoms with Gasteiger partial charge in [0, 0.05) is 227 Å². The monoisotopic (exact) mass is 1950 g/mol. The van der Waals surface area contributed by atoms with Crippen LogP contribution in [0.1, 0.15) is 185 Å². The molecule has 6 amide bonds. The lowest BCUT2D eigenvalue weighted by molar-refractivity contribution is -0.131. The molecule has 12 aromatic heterocycles. The number of aromatic amines is 6. The molecule has 720 valence electrons. The summed E-state index contributed by atoms with van der Waals surface area (Å²) in [5.74, 6) is -33.1. The fourth-order valence-corrected chi connectivity index (χ4v) is 12.4. The molecule has 0 unspecified atom stereocenters. The summed E-state index contributed by atoms with van der Waals surface area (Å²) in [6.07, 6.45) is -7.97. The number of hydrogen-bond acceptors (Lipinski definition) is 24. The summed E-state index contributed by atoms with van der Waals surface area (Å²) in [5.41, 5.74) is 0.610. The van der Waals surface area contributed by atoms with E-state index in [2.05, 4.69) is 119 Å². The van der Waals surface area contributed by atoms with Gasteiger partial charge in [0.25, 0.3) is 39.0 Å². The molecule has 0 aliphatic carbocycles. The van der Waals surface area contributed by atoms with Gasteiger partial charge in [-0.25, -0.2) is 99.2 Å². The third-order valence-corrected chi connectivity index (χ3v) is 18.9. The van der Waals surface area contributed by atoms with E-state index in [1.165, 1.54) is 73.6 Å². The van der Waals surface area contributed by atoms with Gasteiger partial charge < -0.3 is 118 Å². The van der Waals surface area contributed by atoms with Crippen molar-refractivity contribution < 1.29 is 134 Å². The highest BCUT2D eigenvalue weighted by Crippen LogP contribution is 2.37. The number of likely N-dealkylation sites (N-methyl/N-ethyl adjacent to an activating group) is 6. The van der Waals surface area contributed by atoms with Gasteiger partial charge in [-0.15, -0.1) is 0 Å². The number of nitrogens with one attached hydrogen (secondary N) is 6. The van der Waals surface area contributed by atoms with E-state index in [4.69, 9.17) is 145 Å². The molecular formula is C96H120N36O6. The Morgan fingerprint density at radius 3 is 0.884 bits per heavy atom. The van der Waals surface area contributed by atoms with E-state index in [9.17, 15) is 28.8 Å². The fraction of sp³-hybridized carbons (Fsp3) is 0.500. The molecular weight excluding hydrogens is 1750 g/mol. The second-order valence-electron chi connectivity index (χ2n) is 27.3. The first-order chi connectivity index (χ1) is 96.3. The molecule has 6 N–H and O–H groups in total. The molecule has 0 aromatic carbocycles. The smallest absolute Gasteiger partial charge is 0.302 e. The van der Waals surface area contributed by atoms with Crippen LogP contribution in [0.25, 0.3) is 95.3 Å². The number of H-pyrrole nitrogens is 6. The number of carbonyl (C=O) groups is 6. The maximum absolute atomic E-state index is 13.1. The molecule has 12 aromatic rings. The van der Waals surface area contributed by atoms with E-state index in [-0.39, 0.29) is 97.4 Å².